The molecule has 0 aliphatic heterocycles. The van der Waals surface area contributed by atoms with Crippen LogP contribution in [0, 0.1) is 0 Å². The second kappa shape index (κ2) is 6.78. The van der Waals surface area contributed by atoms with Gasteiger partial charge in [-0.1, -0.05) is 32.1 Å². The second-order valence-electron chi connectivity index (χ2n) is 6.90. The molecule has 0 saturated carbocycles. The first kappa shape index (κ1) is 17.6. The zero-order valence-electron chi connectivity index (χ0n) is 14.7. The lowest BCUT2D eigenvalue weighted by molar-refractivity contribution is 0.102. The van der Waals surface area contributed by atoms with Gasteiger partial charge in [-0.3, -0.25) is 14.8 Å². The SMILES string of the molecule is CCCc1nnc(NC(=O)c2cc(C(C)C)n(C(C)(C)C)n2)s1. The summed E-state index contributed by atoms with van der Waals surface area (Å²) in [6.45, 7) is 12.5. The minimum Gasteiger partial charge on any atom is -0.295 e. The van der Waals surface area contributed by atoms with Crippen LogP contribution in [-0.4, -0.2) is 25.9 Å². The van der Waals surface area contributed by atoms with Gasteiger partial charge in [-0.25, -0.2) is 0 Å². The Hall–Kier alpha value is -1.76. The molecule has 7 heteroatoms. The summed E-state index contributed by atoms with van der Waals surface area (Å²) in [6.07, 6.45) is 1.89. The van der Waals surface area contributed by atoms with Crippen LogP contribution in [0.1, 0.15) is 75.1 Å². The first-order chi connectivity index (χ1) is 10.7. The summed E-state index contributed by atoms with van der Waals surface area (Å²) in [6, 6.07) is 1.86. The van der Waals surface area contributed by atoms with Gasteiger partial charge in [0, 0.05) is 12.1 Å². The highest BCUT2D eigenvalue weighted by molar-refractivity contribution is 7.15. The van der Waals surface area contributed by atoms with E-state index in [-0.39, 0.29) is 11.4 Å². The highest BCUT2D eigenvalue weighted by atomic mass is 32.1. The summed E-state index contributed by atoms with van der Waals surface area (Å²) >= 11 is 1.41. The Bertz CT molecular complexity index is 681. The van der Waals surface area contributed by atoms with Crippen LogP contribution < -0.4 is 5.32 Å². The summed E-state index contributed by atoms with van der Waals surface area (Å²) < 4.78 is 1.93. The highest BCUT2D eigenvalue weighted by Crippen LogP contribution is 2.24. The van der Waals surface area contributed by atoms with Gasteiger partial charge >= 0.3 is 0 Å². The van der Waals surface area contributed by atoms with Crippen LogP contribution in [0.5, 0.6) is 0 Å². The fraction of sp³-hybridized carbons (Fsp3) is 0.625. The van der Waals surface area contributed by atoms with E-state index in [1.165, 1.54) is 11.3 Å². The molecule has 2 aromatic heterocycles. The molecule has 0 unspecified atom stereocenters. The lowest BCUT2D eigenvalue weighted by atomic mass is 10.1. The topological polar surface area (TPSA) is 72.7 Å². The van der Waals surface area contributed by atoms with Crippen molar-refractivity contribution in [1.29, 1.82) is 0 Å². The Kier molecular flexibility index (Phi) is 5.19. The van der Waals surface area contributed by atoms with E-state index in [1.54, 1.807) is 0 Å². The van der Waals surface area contributed by atoms with Gasteiger partial charge in [0.15, 0.2) is 5.69 Å². The summed E-state index contributed by atoms with van der Waals surface area (Å²) in [5.74, 6) is 0.0510. The van der Waals surface area contributed by atoms with Crippen LogP contribution in [0.4, 0.5) is 5.13 Å². The number of nitrogens with one attached hydrogen (secondary N) is 1. The van der Waals surface area contributed by atoms with Crippen molar-refractivity contribution in [3.05, 3.63) is 22.5 Å². The Balaban J connectivity index is 2.22. The van der Waals surface area contributed by atoms with E-state index in [0.717, 1.165) is 23.5 Å². The molecule has 0 aliphatic carbocycles. The van der Waals surface area contributed by atoms with E-state index in [0.29, 0.717) is 16.7 Å². The van der Waals surface area contributed by atoms with Gasteiger partial charge < -0.3 is 0 Å². The van der Waals surface area contributed by atoms with Crippen molar-refractivity contribution in [3.8, 4) is 0 Å². The standard InChI is InChI=1S/C16H25N5OS/c1-7-8-13-18-19-15(23-13)17-14(22)11-9-12(10(2)3)21(20-11)16(4,5)6/h9-10H,7-8H2,1-6H3,(H,17,19,22). The molecule has 6 nitrogen and oxygen atoms in total. The summed E-state index contributed by atoms with van der Waals surface area (Å²) in [5.41, 5.74) is 1.29. The molecule has 1 N–H and O–H groups in total. The van der Waals surface area contributed by atoms with Gasteiger partial charge in [0.25, 0.3) is 5.91 Å². The molecule has 0 bridgehead atoms. The Morgan fingerprint density at radius 3 is 2.57 bits per heavy atom. The summed E-state index contributed by atoms with van der Waals surface area (Å²) in [4.78, 5) is 12.4. The van der Waals surface area contributed by atoms with Gasteiger partial charge in [0.1, 0.15) is 5.01 Å². The molecule has 0 radical (unpaired) electrons. The van der Waals surface area contributed by atoms with E-state index in [2.05, 4.69) is 62.2 Å². The molecule has 0 saturated heterocycles. The Morgan fingerprint density at radius 1 is 1.35 bits per heavy atom. The molecule has 126 valence electrons. The third-order valence-corrected chi connectivity index (χ3v) is 4.25. The van der Waals surface area contributed by atoms with Crippen LogP contribution in [0.25, 0.3) is 0 Å². The van der Waals surface area contributed by atoms with Crippen molar-refractivity contribution < 1.29 is 4.79 Å². The molecule has 0 atom stereocenters. The number of hydrogen-bond donors (Lipinski definition) is 1. The van der Waals surface area contributed by atoms with E-state index < -0.39 is 0 Å². The monoisotopic (exact) mass is 335 g/mol. The molecular formula is C16H25N5OS. The minimum absolute atomic E-state index is 0.171. The molecule has 0 spiro atoms. The first-order valence-electron chi connectivity index (χ1n) is 7.96. The average molecular weight is 335 g/mol. The van der Waals surface area contributed by atoms with Crippen LogP contribution in [0.15, 0.2) is 6.07 Å². The zero-order chi connectivity index (χ0) is 17.2. The molecule has 2 aromatic rings. The fourth-order valence-corrected chi connectivity index (χ4v) is 3.07. The normalized spacial score (nSPS) is 12.0. The lowest BCUT2D eigenvalue weighted by Gasteiger charge is -2.23. The van der Waals surface area contributed by atoms with Crippen LogP contribution >= 0.6 is 11.3 Å². The predicted octanol–water partition coefficient (Wildman–Crippen LogP) is 3.82. The van der Waals surface area contributed by atoms with Gasteiger partial charge in [-0.15, -0.1) is 10.2 Å². The summed E-state index contributed by atoms with van der Waals surface area (Å²) in [7, 11) is 0. The molecule has 2 heterocycles. The molecular weight excluding hydrogens is 310 g/mol. The molecule has 0 fully saturated rings. The van der Waals surface area contributed by atoms with Crippen molar-refractivity contribution in [2.24, 2.45) is 0 Å². The number of carbonyl (C=O) groups is 1. The molecule has 2 rings (SSSR count). The smallest absolute Gasteiger partial charge is 0.277 e. The van der Waals surface area contributed by atoms with Crippen molar-refractivity contribution in [2.45, 2.75) is 65.8 Å². The quantitative estimate of drug-likeness (QED) is 0.901. The van der Waals surface area contributed by atoms with E-state index in [4.69, 9.17) is 0 Å². The van der Waals surface area contributed by atoms with Gasteiger partial charge in [-0.2, -0.15) is 5.10 Å². The van der Waals surface area contributed by atoms with Gasteiger partial charge in [0.05, 0.1) is 5.54 Å². The van der Waals surface area contributed by atoms with Gasteiger partial charge in [0.2, 0.25) is 5.13 Å². The third-order valence-electron chi connectivity index (χ3n) is 3.35. The van der Waals surface area contributed by atoms with Crippen molar-refractivity contribution in [3.63, 3.8) is 0 Å². The number of aromatic nitrogens is 4. The average Bonchev–Trinajstić information content (AvgIpc) is 3.05. The van der Waals surface area contributed by atoms with Crippen molar-refractivity contribution in [1.82, 2.24) is 20.0 Å². The zero-order valence-corrected chi connectivity index (χ0v) is 15.5. The fourth-order valence-electron chi connectivity index (χ4n) is 2.24. The number of nitrogens with zero attached hydrogens (tertiary/aromatic N) is 4. The molecule has 0 aliphatic rings. The largest absolute Gasteiger partial charge is 0.295 e. The lowest BCUT2D eigenvalue weighted by Crippen LogP contribution is -2.26. The number of anilines is 1. The number of carbonyl (C=O) groups excluding carboxylic acids is 1. The first-order valence-corrected chi connectivity index (χ1v) is 8.78. The number of amides is 1. The minimum atomic E-state index is -0.242. The second-order valence-corrected chi connectivity index (χ2v) is 7.96. The van der Waals surface area contributed by atoms with Crippen LogP contribution in [0.3, 0.4) is 0 Å². The number of rotatable bonds is 5. The Labute approximate surface area is 141 Å². The van der Waals surface area contributed by atoms with Crippen molar-refractivity contribution in [2.75, 3.05) is 5.32 Å². The van der Waals surface area contributed by atoms with E-state index in [9.17, 15) is 4.79 Å². The number of hydrogen-bond acceptors (Lipinski definition) is 5. The molecule has 0 aromatic carbocycles. The van der Waals surface area contributed by atoms with Gasteiger partial charge in [-0.05, 0) is 39.2 Å². The third kappa shape index (κ3) is 4.16. The predicted molar refractivity (Wildman–Crippen MR) is 93.2 cm³/mol. The van der Waals surface area contributed by atoms with E-state index >= 15 is 0 Å². The molecule has 23 heavy (non-hydrogen) atoms. The highest BCUT2D eigenvalue weighted by Gasteiger charge is 2.24. The maximum atomic E-state index is 12.4. The number of aryl methyl sites for hydroxylation is 1. The maximum Gasteiger partial charge on any atom is 0.277 e. The van der Waals surface area contributed by atoms with Crippen LogP contribution in [-0.2, 0) is 12.0 Å². The van der Waals surface area contributed by atoms with Crippen molar-refractivity contribution >= 4 is 22.4 Å². The van der Waals surface area contributed by atoms with E-state index in [1.807, 2.05) is 10.7 Å². The van der Waals surface area contributed by atoms with Crippen LogP contribution in [0.2, 0.25) is 0 Å². The maximum absolute atomic E-state index is 12.4. The summed E-state index contributed by atoms with van der Waals surface area (Å²) in [5, 5.41) is 16.8. The molecule has 1 amide bonds. The Morgan fingerprint density at radius 2 is 2.04 bits per heavy atom.